The number of nitrogens with two attached hydrogens (primary N) is 1. The SMILES string of the molecule is CC(N)C(C)C(=O)NCC(O)c1cccc(OCc2ccccc2)c1. The van der Waals surface area contributed by atoms with Crippen molar-refractivity contribution in [2.24, 2.45) is 11.7 Å². The van der Waals surface area contributed by atoms with Crippen LogP contribution in [0.15, 0.2) is 54.6 Å². The van der Waals surface area contributed by atoms with Gasteiger partial charge in [-0.05, 0) is 30.2 Å². The number of amides is 1. The van der Waals surface area contributed by atoms with E-state index < -0.39 is 6.10 Å². The van der Waals surface area contributed by atoms with E-state index in [2.05, 4.69) is 5.32 Å². The number of aliphatic hydroxyl groups is 1. The molecule has 2 aromatic carbocycles. The molecular formula is C20H26N2O3. The Morgan fingerprint density at radius 3 is 2.56 bits per heavy atom. The summed E-state index contributed by atoms with van der Waals surface area (Å²) in [6.45, 7) is 4.15. The van der Waals surface area contributed by atoms with Gasteiger partial charge in [-0.2, -0.15) is 0 Å². The van der Waals surface area contributed by atoms with Crippen molar-refractivity contribution in [1.29, 1.82) is 0 Å². The van der Waals surface area contributed by atoms with Crippen LogP contribution in [0, 0.1) is 5.92 Å². The molecule has 5 nitrogen and oxygen atoms in total. The zero-order valence-corrected chi connectivity index (χ0v) is 14.7. The maximum atomic E-state index is 11.9. The Morgan fingerprint density at radius 2 is 1.88 bits per heavy atom. The smallest absolute Gasteiger partial charge is 0.224 e. The molecule has 0 fully saturated rings. The highest BCUT2D eigenvalue weighted by Crippen LogP contribution is 2.20. The Morgan fingerprint density at radius 1 is 1.16 bits per heavy atom. The minimum Gasteiger partial charge on any atom is -0.489 e. The van der Waals surface area contributed by atoms with E-state index in [0.717, 1.165) is 5.56 Å². The number of hydrogen-bond acceptors (Lipinski definition) is 4. The third-order valence-corrected chi connectivity index (χ3v) is 4.16. The van der Waals surface area contributed by atoms with Crippen LogP contribution in [0.3, 0.4) is 0 Å². The highest BCUT2D eigenvalue weighted by Gasteiger charge is 2.18. The van der Waals surface area contributed by atoms with Gasteiger partial charge in [-0.3, -0.25) is 4.79 Å². The van der Waals surface area contributed by atoms with Crippen LogP contribution >= 0.6 is 0 Å². The zero-order chi connectivity index (χ0) is 18.2. The van der Waals surface area contributed by atoms with Crippen molar-refractivity contribution < 1.29 is 14.6 Å². The largest absolute Gasteiger partial charge is 0.489 e. The van der Waals surface area contributed by atoms with Gasteiger partial charge in [0.05, 0.1) is 6.10 Å². The number of rotatable bonds is 8. The number of nitrogens with one attached hydrogen (secondary N) is 1. The van der Waals surface area contributed by atoms with E-state index >= 15 is 0 Å². The molecule has 0 aliphatic rings. The van der Waals surface area contributed by atoms with Crippen molar-refractivity contribution in [3.05, 3.63) is 65.7 Å². The maximum absolute atomic E-state index is 11.9. The molecule has 2 rings (SSSR count). The van der Waals surface area contributed by atoms with Crippen LogP contribution in [-0.4, -0.2) is 23.6 Å². The monoisotopic (exact) mass is 342 g/mol. The van der Waals surface area contributed by atoms with Crippen LogP contribution in [0.1, 0.15) is 31.1 Å². The number of aliphatic hydroxyl groups excluding tert-OH is 1. The first-order valence-electron chi connectivity index (χ1n) is 8.45. The minimum atomic E-state index is -0.801. The molecule has 4 N–H and O–H groups in total. The summed E-state index contributed by atoms with van der Waals surface area (Å²) in [5.74, 6) is 0.217. The van der Waals surface area contributed by atoms with Gasteiger partial charge in [0.15, 0.2) is 0 Å². The molecule has 2 aromatic rings. The highest BCUT2D eigenvalue weighted by atomic mass is 16.5. The fourth-order valence-corrected chi connectivity index (χ4v) is 2.27. The predicted molar refractivity (Wildman–Crippen MR) is 98.0 cm³/mol. The Labute approximate surface area is 148 Å². The van der Waals surface area contributed by atoms with Gasteiger partial charge < -0.3 is 20.9 Å². The summed E-state index contributed by atoms with van der Waals surface area (Å²) < 4.78 is 5.76. The van der Waals surface area contributed by atoms with Crippen LogP contribution in [-0.2, 0) is 11.4 Å². The molecule has 0 aromatic heterocycles. The van der Waals surface area contributed by atoms with Gasteiger partial charge in [0.2, 0.25) is 5.91 Å². The molecule has 0 aliphatic carbocycles. The molecule has 0 saturated carbocycles. The number of carbonyl (C=O) groups is 1. The lowest BCUT2D eigenvalue weighted by atomic mass is 10.0. The molecule has 134 valence electrons. The second-order valence-corrected chi connectivity index (χ2v) is 6.26. The third-order valence-electron chi connectivity index (χ3n) is 4.16. The summed E-state index contributed by atoms with van der Waals surface area (Å²) in [5, 5.41) is 13.0. The first-order valence-corrected chi connectivity index (χ1v) is 8.45. The normalized spacial score (nSPS) is 14.4. The summed E-state index contributed by atoms with van der Waals surface area (Å²) >= 11 is 0. The summed E-state index contributed by atoms with van der Waals surface area (Å²) in [6, 6.07) is 16.9. The molecule has 5 heteroatoms. The van der Waals surface area contributed by atoms with Gasteiger partial charge >= 0.3 is 0 Å². The van der Waals surface area contributed by atoms with E-state index in [1.807, 2.05) is 42.5 Å². The van der Waals surface area contributed by atoms with Gasteiger partial charge in [0.1, 0.15) is 12.4 Å². The molecule has 0 radical (unpaired) electrons. The lowest BCUT2D eigenvalue weighted by molar-refractivity contribution is -0.125. The Balaban J connectivity index is 1.90. The fraction of sp³-hybridized carbons (Fsp3) is 0.350. The van der Waals surface area contributed by atoms with Crippen molar-refractivity contribution in [3.8, 4) is 5.75 Å². The third kappa shape index (κ3) is 5.89. The topological polar surface area (TPSA) is 84.6 Å². The Kier molecular flexibility index (Phi) is 6.98. The van der Waals surface area contributed by atoms with E-state index in [0.29, 0.717) is 17.9 Å². The zero-order valence-electron chi connectivity index (χ0n) is 14.7. The minimum absolute atomic E-state index is 0.137. The first-order chi connectivity index (χ1) is 12.0. The van der Waals surface area contributed by atoms with E-state index in [4.69, 9.17) is 10.5 Å². The second-order valence-electron chi connectivity index (χ2n) is 6.26. The number of benzene rings is 2. The Bertz CT molecular complexity index is 674. The Hall–Kier alpha value is -2.37. The second kappa shape index (κ2) is 9.20. The molecule has 25 heavy (non-hydrogen) atoms. The van der Waals surface area contributed by atoms with Crippen LogP contribution in [0.4, 0.5) is 0 Å². The van der Waals surface area contributed by atoms with Gasteiger partial charge in [-0.25, -0.2) is 0 Å². The quantitative estimate of drug-likeness (QED) is 0.688. The van der Waals surface area contributed by atoms with E-state index in [9.17, 15) is 9.90 Å². The fourth-order valence-electron chi connectivity index (χ4n) is 2.27. The average Bonchev–Trinajstić information content (AvgIpc) is 2.64. The summed E-state index contributed by atoms with van der Waals surface area (Å²) in [4.78, 5) is 11.9. The van der Waals surface area contributed by atoms with Crippen LogP contribution in [0.25, 0.3) is 0 Å². The molecule has 0 aliphatic heterocycles. The van der Waals surface area contributed by atoms with Crippen LogP contribution in [0.2, 0.25) is 0 Å². The van der Waals surface area contributed by atoms with E-state index in [1.165, 1.54) is 0 Å². The van der Waals surface area contributed by atoms with Crippen molar-refractivity contribution in [2.45, 2.75) is 32.6 Å². The maximum Gasteiger partial charge on any atom is 0.224 e. The van der Waals surface area contributed by atoms with Crippen molar-refractivity contribution in [2.75, 3.05) is 6.54 Å². The summed E-state index contributed by atoms with van der Waals surface area (Å²) in [6.07, 6.45) is -0.801. The van der Waals surface area contributed by atoms with E-state index in [-0.39, 0.29) is 24.4 Å². The molecule has 0 bridgehead atoms. The summed E-state index contributed by atoms with van der Waals surface area (Å²) in [5.41, 5.74) is 7.48. The summed E-state index contributed by atoms with van der Waals surface area (Å²) in [7, 11) is 0. The molecule has 1 amide bonds. The lowest BCUT2D eigenvalue weighted by Crippen LogP contribution is -2.40. The number of ether oxygens (including phenoxy) is 1. The molecule has 0 heterocycles. The molecule has 3 unspecified atom stereocenters. The molecule has 0 saturated heterocycles. The molecular weight excluding hydrogens is 316 g/mol. The highest BCUT2D eigenvalue weighted by molar-refractivity contribution is 5.78. The van der Waals surface area contributed by atoms with E-state index in [1.54, 1.807) is 26.0 Å². The number of hydrogen-bond donors (Lipinski definition) is 3. The lowest BCUT2D eigenvalue weighted by Gasteiger charge is -2.18. The van der Waals surface area contributed by atoms with Gasteiger partial charge in [0, 0.05) is 18.5 Å². The van der Waals surface area contributed by atoms with Crippen molar-refractivity contribution in [1.82, 2.24) is 5.32 Å². The predicted octanol–water partition coefficient (Wildman–Crippen LogP) is 2.40. The van der Waals surface area contributed by atoms with Crippen molar-refractivity contribution in [3.63, 3.8) is 0 Å². The van der Waals surface area contributed by atoms with Crippen molar-refractivity contribution >= 4 is 5.91 Å². The molecule has 3 atom stereocenters. The van der Waals surface area contributed by atoms with Gasteiger partial charge in [-0.1, -0.05) is 49.4 Å². The van der Waals surface area contributed by atoms with Gasteiger partial charge in [-0.15, -0.1) is 0 Å². The first kappa shape index (κ1) is 19.0. The molecule has 0 spiro atoms. The average molecular weight is 342 g/mol. The van der Waals surface area contributed by atoms with Crippen LogP contribution < -0.4 is 15.8 Å². The number of carbonyl (C=O) groups excluding carboxylic acids is 1. The van der Waals surface area contributed by atoms with Crippen LogP contribution in [0.5, 0.6) is 5.75 Å². The standard InChI is InChI=1S/C20H26N2O3/c1-14(15(2)21)20(24)22-12-19(23)17-9-6-10-18(11-17)25-13-16-7-4-3-5-8-16/h3-11,14-15,19,23H,12-13,21H2,1-2H3,(H,22,24). The van der Waals surface area contributed by atoms with Gasteiger partial charge in [0.25, 0.3) is 0 Å².